The molecule has 0 atom stereocenters. The van der Waals surface area contributed by atoms with Crippen LogP contribution in [0.3, 0.4) is 0 Å². The van der Waals surface area contributed by atoms with E-state index in [0.29, 0.717) is 33.4 Å². The number of nitrogens with zero attached hydrogens (tertiary/aromatic N) is 3. The first-order valence-corrected chi connectivity index (χ1v) is 12.4. The van der Waals surface area contributed by atoms with Crippen molar-refractivity contribution < 1.29 is 9.47 Å². The smallest absolute Gasteiger partial charge is 0.291 e. The summed E-state index contributed by atoms with van der Waals surface area (Å²) in [5.74, 6) is 1.88. The summed E-state index contributed by atoms with van der Waals surface area (Å²) in [6, 6.07) is 13.9. The van der Waals surface area contributed by atoms with Crippen molar-refractivity contribution in [3.63, 3.8) is 0 Å². The van der Waals surface area contributed by atoms with Gasteiger partial charge >= 0.3 is 0 Å². The van der Waals surface area contributed by atoms with Crippen molar-refractivity contribution in [1.82, 2.24) is 14.6 Å². The normalized spacial score (nSPS) is 12.1. The van der Waals surface area contributed by atoms with E-state index in [0.717, 1.165) is 24.0 Å². The second kappa shape index (κ2) is 11.1. The Balaban J connectivity index is 1.51. The number of hydrogen-bond donors (Lipinski definition) is 0. The van der Waals surface area contributed by atoms with E-state index in [1.165, 1.54) is 34.3 Å². The van der Waals surface area contributed by atoms with Gasteiger partial charge in [0.1, 0.15) is 0 Å². The Hall–Kier alpha value is -3.45. The van der Waals surface area contributed by atoms with Gasteiger partial charge in [0, 0.05) is 0 Å². The van der Waals surface area contributed by atoms with Gasteiger partial charge in [-0.1, -0.05) is 79.5 Å². The average molecular weight is 476 g/mol. The Morgan fingerprint density at radius 2 is 1.79 bits per heavy atom. The highest BCUT2D eigenvalue weighted by Crippen LogP contribution is 2.28. The number of fused-ring (bicyclic) bond motifs is 1. The van der Waals surface area contributed by atoms with Crippen LogP contribution in [-0.2, 0) is 0 Å². The summed E-state index contributed by atoms with van der Waals surface area (Å²) >= 11 is 1.32. The minimum atomic E-state index is -0.183. The SMILES string of the molecule is CCCCCCOc1ccc(/C=c2\sc3nc(/C=C/c4ccc(C)cc4)nn3c2=O)cc1OC. The number of rotatable bonds is 10. The van der Waals surface area contributed by atoms with E-state index in [1.807, 2.05) is 48.6 Å². The zero-order valence-corrected chi connectivity index (χ0v) is 20.6. The Morgan fingerprint density at radius 3 is 2.53 bits per heavy atom. The minimum Gasteiger partial charge on any atom is -0.493 e. The lowest BCUT2D eigenvalue weighted by atomic mass is 10.1. The molecule has 0 radical (unpaired) electrons. The highest BCUT2D eigenvalue weighted by Gasteiger charge is 2.10. The summed E-state index contributed by atoms with van der Waals surface area (Å²) in [4.78, 5) is 17.9. The van der Waals surface area contributed by atoms with Gasteiger partial charge in [-0.25, -0.2) is 0 Å². The number of aromatic nitrogens is 3. The molecule has 7 heteroatoms. The number of benzene rings is 2. The highest BCUT2D eigenvalue weighted by atomic mass is 32.1. The van der Waals surface area contributed by atoms with Crippen LogP contribution >= 0.6 is 11.3 Å². The van der Waals surface area contributed by atoms with Crippen molar-refractivity contribution >= 4 is 34.5 Å². The summed E-state index contributed by atoms with van der Waals surface area (Å²) in [6.45, 7) is 4.91. The van der Waals surface area contributed by atoms with E-state index in [4.69, 9.17) is 9.47 Å². The number of ether oxygens (including phenoxy) is 2. The number of hydrogen-bond acceptors (Lipinski definition) is 6. The Bertz CT molecular complexity index is 1390. The molecule has 4 aromatic rings. The summed E-state index contributed by atoms with van der Waals surface area (Å²) in [6.07, 6.45) is 10.2. The minimum absolute atomic E-state index is 0.183. The maximum atomic E-state index is 12.9. The van der Waals surface area contributed by atoms with Crippen molar-refractivity contribution in [2.24, 2.45) is 0 Å². The second-order valence-corrected chi connectivity index (χ2v) is 9.15. The molecule has 2 heterocycles. The maximum absolute atomic E-state index is 12.9. The standard InChI is InChI=1S/C27H29N3O3S/c1-4-5-6-7-16-33-22-14-12-21(17-23(22)32-3)18-24-26(31)30-27(34-24)28-25(29-30)15-13-20-10-8-19(2)9-11-20/h8-15,17-18H,4-7,16H2,1-3H3/b15-13+,24-18-. The molecular formula is C27H29N3O3S. The molecular weight excluding hydrogens is 446 g/mol. The van der Waals surface area contributed by atoms with Crippen molar-refractivity contribution in [3.05, 3.63) is 79.9 Å². The molecule has 176 valence electrons. The maximum Gasteiger partial charge on any atom is 0.291 e. The van der Waals surface area contributed by atoms with Gasteiger partial charge in [-0.3, -0.25) is 4.79 Å². The topological polar surface area (TPSA) is 65.7 Å². The van der Waals surface area contributed by atoms with Crippen LogP contribution in [0.4, 0.5) is 0 Å². The van der Waals surface area contributed by atoms with Crippen LogP contribution in [0.1, 0.15) is 55.1 Å². The molecule has 0 aliphatic rings. The molecule has 0 N–H and O–H groups in total. The molecule has 0 unspecified atom stereocenters. The van der Waals surface area contributed by atoms with E-state index in [-0.39, 0.29) is 5.56 Å². The van der Waals surface area contributed by atoms with Crippen molar-refractivity contribution in [1.29, 1.82) is 0 Å². The largest absolute Gasteiger partial charge is 0.493 e. The van der Waals surface area contributed by atoms with E-state index >= 15 is 0 Å². The van der Waals surface area contributed by atoms with Gasteiger partial charge in [-0.2, -0.15) is 9.50 Å². The zero-order chi connectivity index (χ0) is 23.9. The van der Waals surface area contributed by atoms with E-state index in [2.05, 4.69) is 36.1 Å². The van der Waals surface area contributed by atoms with Crippen LogP contribution in [0.5, 0.6) is 11.5 Å². The molecule has 34 heavy (non-hydrogen) atoms. The molecule has 0 aliphatic heterocycles. The van der Waals surface area contributed by atoms with Crippen LogP contribution < -0.4 is 19.6 Å². The number of thiazole rings is 1. The van der Waals surface area contributed by atoms with E-state index < -0.39 is 0 Å². The van der Waals surface area contributed by atoms with Crippen LogP contribution in [0.2, 0.25) is 0 Å². The van der Waals surface area contributed by atoms with Crippen LogP contribution in [-0.4, -0.2) is 28.3 Å². The van der Waals surface area contributed by atoms with Crippen molar-refractivity contribution in [2.45, 2.75) is 39.5 Å². The molecule has 0 fully saturated rings. The molecule has 0 saturated heterocycles. The van der Waals surface area contributed by atoms with Crippen molar-refractivity contribution in [3.8, 4) is 11.5 Å². The monoisotopic (exact) mass is 475 g/mol. The molecule has 6 nitrogen and oxygen atoms in total. The lowest BCUT2D eigenvalue weighted by Gasteiger charge is -2.11. The van der Waals surface area contributed by atoms with Crippen LogP contribution in [0.15, 0.2) is 47.3 Å². The van der Waals surface area contributed by atoms with Gasteiger partial charge in [0.25, 0.3) is 5.56 Å². The average Bonchev–Trinajstić information content (AvgIpc) is 3.37. The number of unbranched alkanes of at least 4 members (excludes halogenated alkanes) is 3. The molecule has 4 rings (SSSR count). The molecule has 0 bridgehead atoms. The highest BCUT2D eigenvalue weighted by molar-refractivity contribution is 7.15. The first-order chi connectivity index (χ1) is 16.6. The third-order valence-electron chi connectivity index (χ3n) is 5.44. The Kier molecular flexibility index (Phi) is 7.75. The van der Waals surface area contributed by atoms with Crippen molar-refractivity contribution in [2.75, 3.05) is 13.7 Å². The fraction of sp³-hybridized carbons (Fsp3) is 0.296. The van der Waals surface area contributed by atoms with Gasteiger partial charge in [0.2, 0.25) is 4.96 Å². The first-order valence-electron chi connectivity index (χ1n) is 11.5. The van der Waals surface area contributed by atoms with Gasteiger partial charge < -0.3 is 9.47 Å². The molecule has 0 amide bonds. The molecule has 2 aromatic carbocycles. The van der Waals surface area contributed by atoms with Gasteiger partial charge in [0.15, 0.2) is 17.3 Å². The zero-order valence-electron chi connectivity index (χ0n) is 19.8. The predicted octanol–water partition coefficient (Wildman–Crippen LogP) is 5.15. The van der Waals surface area contributed by atoms with E-state index in [1.54, 1.807) is 7.11 Å². The number of methoxy groups -OCH3 is 1. The predicted molar refractivity (Wildman–Crippen MR) is 139 cm³/mol. The first kappa shape index (κ1) is 23.7. The molecule has 0 aliphatic carbocycles. The lowest BCUT2D eigenvalue weighted by molar-refractivity contribution is 0.285. The van der Waals surface area contributed by atoms with Gasteiger partial charge in [-0.05, 0) is 48.8 Å². The fourth-order valence-corrected chi connectivity index (χ4v) is 4.44. The summed E-state index contributed by atoms with van der Waals surface area (Å²) < 4.78 is 13.3. The van der Waals surface area contributed by atoms with Gasteiger partial charge in [0.05, 0.1) is 18.2 Å². The quantitative estimate of drug-likeness (QED) is 0.297. The second-order valence-electron chi connectivity index (χ2n) is 8.14. The molecule has 2 aromatic heterocycles. The Morgan fingerprint density at radius 1 is 1.00 bits per heavy atom. The van der Waals surface area contributed by atoms with Crippen LogP contribution in [0, 0.1) is 6.92 Å². The lowest BCUT2D eigenvalue weighted by Crippen LogP contribution is -2.23. The van der Waals surface area contributed by atoms with E-state index in [9.17, 15) is 4.79 Å². The number of aryl methyl sites for hydroxylation is 1. The third-order valence-corrected chi connectivity index (χ3v) is 6.40. The molecule has 0 saturated carbocycles. The third kappa shape index (κ3) is 5.72. The summed E-state index contributed by atoms with van der Waals surface area (Å²) in [7, 11) is 1.62. The van der Waals surface area contributed by atoms with Gasteiger partial charge in [-0.15, -0.1) is 5.10 Å². The Labute approximate surface area is 203 Å². The summed E-state index contributed by atoms with van der Waals surface area (Å²) in [5.41, 5.74) is 2.94. The van der Waals surface area contributed by atoms with Crippen LogP contribution in [0.25, 0.3) is 23.2 Å². The fourth-order valence-electron chi connectivity index (χ4n) is 3.52. The molecule has 0 spiro atoms. The summed E-state index contributed by atoms with van der Waals surface area (Å²) in [5, 5.41) is 4.36.